The number of carbonyl (C=O) groups is 1. The van der Waals surface area contributed by atoms with E-state index in [9.17, 15) is 7.90 Å². The van der Waals surface area contributed by atoms with Crippen LogP contribution >= 0.6 is 0 Å². The second kappa shape index (κ2) is 9.05. The van der Waals surface area contributed by atoms with Crippen molar-refractivity contribution < 1.29 is 7.90 Å². The molecule has 1 amide bonds. The van der Waals surface area contributed by atoms with E-state index in [-0.39, 0.29) is 5.91 Å². The molecule has 0 aliphatic rings. The molecule has 110 valence electrons. The number of nitrogens with one attached hydrogen (secondary N) is 1. The van der Waals surface area contributed by atoms with Gasteiger partial charge in [0.1, 0.15) is 0 Å². The molecule has 0 saturated heterocycles. The van der Waals surface area contributed by atoms with Crippen molar-refractivity contribution >= 4 is 29.1 Å². The van der Waals surface area contributed by atoms with Crippen LogP contribution in [0, 0.1) is 0 Å². The molecule has 0 aromatic heterocycles. The van der Waals surface area contributed by atoms with Crippen LogP contribution in [0.3, 0.4) is 0 Å². The van der Waals surface area contributed by atoms with E-state index in [0.717, 1.165) is 38.6 Å². The second-order valence-corrected chi connectivity index (χ2v) is 8.95. The Bertz CT molecular complexity index is 494. The molecule has 0 fully saturated rings. The number of hydrogen-bond donors (Lipinski definition) is 1. The van der Waals surface area contributed by atoms with Gasteiger partial charge in [-0.3, -0.25) is 0 Å². The van der Waals surface area contributed by atoms with Crippen LogP contribution in [0.2, 0.25) is 0 Å². The van der Waals surface area contributed by atoms with Gasteiger partial charge in [0.2, 0.25) is 0 Å². The third-order valence-electron chi connectivity index (χ3n) is 2.82. The van der Waals surface area contributed by atoms with Gasteiger partial charge >= 0.3 is 128 Å². The molecule has 0 spiro atoms. The monoisotopic (exact) mass is 391 g/mol. The van der Waals surface area contributed by atoms with Crippen LogP contribution in [0.5, 0.6) is 0 Å². The maximum atomic E-state index is 12.9. The normalized spacial score (nSPS) is 12.2. The van der Waals surface area contributed by atoms with Crippen LogP contribution in [0.4, 0.5) is 0 Å². The maximum absolute atomic E-state index is 12.9. The van der Waals surface area contributed by atoms with Crippen molar-refractivity contribution in [3.8, 4) is 0 Å². The second-order valence-electron chi connectivity index (χ2n) is 4.66. The molecule has 1 aromatic rings. The molecule has 0 atom stereocenters. The summed E-state index contributed by atoms with van der Waals surface area (Å²) in [6.07, 6.45) is 3.45. The summed E-state index contributed by atoms with van der Waals surface area (Å²) >= 11 is -2.77. The van der Waals surface area contributed by atoms with Gasteiger partial charge in [0.05, 0.1) is 0 Å². The standard InChI is InChI=1S/C16H23NO2Te/c1-4-9-15(17-13(3)18)16(10-5-2)20(19)14-11-7-6-8-12-14/h6-8,11-12H,4-5,9-10H2,1-3H3,(H,17,18)/b16-15+. The zero-order valence-electron chi connectivity index (χ0n) is 12.4. The van der Waals surface area contributed by atoms with Gasteiger partial charge in [0.25, 0.3) is 0 Å². The Kier molecular flexibility index (Phi) is 7.72. The number of amides is 1. The zero-order valence-corrected chi connectivity index (χ0v) is 14.8. The third kappa shape index (κ3) is 5.19. The Balaban J connectivity index is 3.17. The summed E-state index contributed by atoms with van der Waals surface area (Å²) in [6, 6.07) is 9.62. The molecule has 0 aliphatic heterocycles. The van der Waals surface area contributed by atoms with Gasteiger partial charge in [-0.15, -0.1) is 0 Å². The molecular weight excluding hydrogens is 366 g/mol. The van der Waals surface area contributed by atoms with E-state index in [4.69, 9.17) is 0 Å². The molecule has 3 nitrogen and oxygen atoms in total. The number of benzene rings is 1. The van der Waals surface area contributed by atoms with E-state index in [1.165, 1.54) is 6.92 Å². The number of carbonyl (C=O) groups excluding carboxylic acids is 1. The quantitative estimate of drug-likeness (QED) is 0.730. The van der Waals surface area contributed by atoms with Gasteiger partial charge in [0, 0.05) is 0 Å². The van der Waals surface area contributed by atoms with Crippen molar-refractivity contribution in [2.75, 3.05) is 0 Å². The van der Waals surface area contributed by atoms with E-state index in [0.29, 0.717) is 0 Å². The number of allylic oxidation sites excluding steroid dienone is 2. The summed E-state index contributed by atoms with van der Waals surface area (Å²) in [4.78, 5) is 11.4. The Morgan fingerprint density at radius 1 is 1.10 bits per heavy atom. The van der Waals surface area contributed by atoms with Crippen LogP contribution in [0.25, 0.3) is 0 Å². The van der Waals surface area contributed by atoms with Crippen molar-refractivity contribution in [2.45, 2.75) is 46.5 Å². The predicted octanol–water partition coefficient (Wildman–Crippen LogP) is 2.85. The molecule has 0 bridgehead atoms. The summed E-state index contributed by atoms with van der Waals surface area (Å²) < 4.78 is 14.8. The summed E-state index contributed by atoms with van der Waals surface area (Å²) in [5.41, 5.74) is 0.886. The van der Waals surface area contributed by atoms with Gasteiger partial charge in [-0.2, -0.15) is 0 Å². The van der Waals surface area contributed by atoms with Crippen LogP contribution in [0.1, 0.15) is 46.5 Å². The Morgan fingerprint density at radius 3 is 2.20 bits per heavy atom. The van der Waals surface area contributed by atoms with Gasteiger partial charge < -0.3 is 0 Å². The van der Waals surface area contributed by atoms with Crippen molar-refractivity contribution in [2.24, 2.45) is 0 Å². The molecule has 1 N–H and O–H groups in total. The van der Waals surface area contributed by atoms with E-state index in [1.54, 1.807) is 0 Å². The summed E-state index contributed by atoms with van der Waals surface area (Å²) in [7, 11) is 0. The minimum absolute atomic E-state index is 0.0818. The van der Waals surface area contributed by atoms with E-state index >= 15 is 0 Å². The van der Waals surface area contributed by atoms with Gasteiger partial charge in [0.15, 0.2) is 0 Å². The van der Waals surface area contributed by atoms with Crippen molar-refractivity contribution in [3.63, 3.8) is 0 Å². The molecular formula is C16H23NO2Te. The van der Waals surface area contributed by atoms with Crippen molar-refractivity contribution in [3.05, 3.63) is 39.6 Å². The summed E-state index contributed by atoms with van der Waals surface area (Å²) in [5, 5.41) is 2.90. The number of hydrogen-bond acceptors (Lipinski definition) is 2. The average Bonchev–Trinajstić information content (AvgIpc) is 2.44. The fourth-order valence-electron chi connectivity index (χ4n) is 2.00. The molecule has 20 heavy (non-hydrogen) atoms. The van der Waals surface area contributed by atoms with Gasteiger partial charge in [-0.05, 0) is 0 Å². The first-order valence-electron chi connectivity index (χ1n) is 7.06. The molecule has 1 aromatic carbocycles. The topological polar surface area (TPSA) is 46.2 Å². The number of rotatable bonds is 7. The van der Waals surface area contributed by atoms with Crippen LogP contribution in [-0.4, -0.2) is 25.4 Å². The van der Waals surface area contributed by atoms with Crippen LogP contribution < -0.4 is 8.93 Å². The van der Waals surface area contributed by atoms with E-state index in [2.05, 4.69) is 19.2 Å². The van der Waals surface area contributed by atoms with E-state index < -0.39 is 19.5 Å². The molecule has 0 saturated carbocycles. The van der Waals surface area contributed by atoms with Gasteiger partial charge in [-0.1, -0.05) is 0 Å². The fourth-order valence-corrected chi connectivity index (χ4v) is 6.16. The third-order valence-corrected chi connectivity index (χ3v) is 7.38. The van der Waals surface area contributed by atoms with E-state index in [1.807, 2.05) is 30.3 Å². The molecule has 4 heteroatoms. The molecule has 1 rings (SSSR count). The molecule has 0 heterocycles. The van der Waals surface area contributed by atoms with Crippen LogP contribution in [-0.2, 0) is 7.90 Å². The Labute approximate surface area is 128 Å². The summed E-state index contributed by atoms with van der Waals surface area (Å²) in [5.74, 6) is -0.0818. The molecule has 0 aliphatic carbocycles. The predicted molar refractivity (Wildman–Crippen MR) is 83.2 cm³/mol. The Morgan fingerprint density at radius 2 is 1.70 bits per heavy atom. The average molecular weight is 389 g/mol. The Hall–Kier alpha value is -0.980. The zero-order chi connectivity index (χ0) is 15.0. The first-order valence-corrected chi connectivity index (χ1v) is 10.3. The fraction of sp³-hybridized carbons (Fsp3) is 0.438. The van der Waals surface area contributed by atoms with Crippen molar-refractivity contribution in [1.29, 1.82) is 0 Å². The SMILES string of the molecule is CCC/C(NC(C)=O)=C(/CCC)[Te](=O)c1ccccc1. The molecule has 0 unspecified atom stereocenters. The van der Waals surface area contributed by atoms with Crippen LogP contribution in [0.15, 0.2) is 39.6 Å². The molecule has 0 radical (unpaired) electrons. The summed E-state index contributed by atoms with van der Waals surface area (Å²) in [6.45, 7) is 5.65. The van der Waals surface area contributed by atoms with Crippen molar-refractivity contribution in [1.82, 2.24) is 5.32 Å². The first-order chi connectivity index (χ1) is 9.60. The first kappa shape index (κ1) is 17.1. The minimum atomic E-state index is -2.77. The van der Waals surface area contributed by atoms with Gasteiger partial charge in [-0.25, -0.2) is 0 Å².